The number of rotatable bonds is 3. The van der Waals surface area contributed by atoms with E-state index in [9.17, 15) is 9.18 Å². The van der Waals surface area contributed by atoms with Crippen LogP contribution in [0.3, 0.4) is 0 Å². The predicted octanol–water partition coefficient (Wildman–Crippen LogP) is 1.71. The van der Waals surface area contributed by atoms with E-state index in [0.717, 1.165) is 0 Å². The number of carbonyl (C=O) groups is 1. The Morgan fingerprint density at radius 3 is 2.75 bits per heavy atom. The molecule has 20 heavy (non-hydrogen) atoms. The first-order valence-electron chi connectivity index (χ1n) is 6.73. The first kappa shape index (κ1) is 14.9. The Balaban J connectivity index is 2.21. The predicted molar refractivity (Wildman–Crippen MR) is 74.5 cm³/mol. The van der Waals surface area contributed by atoms with Crippen molar-refractivity contribution >= 4 is 5.91 Å². The normalized spacial score (nSPS) is 27.4. The first-order chi connectivity index (χ1) is 9.38. The van der Waals surface area contributed by atoms with Crippen molar-refractivity contribution in [3.63, 3.8) is 0 Å². The van der Waals surface area contributed by atoms with Gasteiger partial charge in [-0.05, 0) is 19.9 Å². The van der Waals surface area contributed by atoms with Crippen LogP contribution in [0.25, 0.3) is 0 Å². The van der Waals surface area contributed by atoms with Crippen molar-refractivity contribution < 1.29 is 13.9 Å². The standard InChI is InChI=1S/C15H21FN2O2/c1-10(11-6-4-5-7-12(11)16)18(3)14(19)15(2)9-20-8-13(15)17/h4-7,10,13H,8-9,17H2,1-3H3. The van der Waals surface area contributed by atoms with Crippen molar-refractivity contribution in [1.29, 1.82) is 0 Å². The van der Waals surface area contributed by atoms with E-state index in [1.165, 1.54) is 6.07 Å². The van der Waals surface area contributed by atoms with Crippen molar-refractivity contribution in [3.8, 4) is 0 Å². The van der Waals surface area contributed by atoms with Crippen molar-refractivity contribution in [2.75, 3.05) is 20.3 Å². The molecule has 0 aromatic heterocycles. The Morgan fingerprint density at radius 2 is 2.20 bits per heavy atom. The van der Waals surface area contributed by atoms with Crippen LogP contribution in [0, 0.1) is 11.2 Å². The molecule has 1 aliphatic heterocycles. The summed E-state index contributed by atoms with van der Waals surface area (Å²) in [5, 5.41) is 0. The van der Waals surface area contributed by atoms with Crippen molar-refractivity contribution in [2.45, 2.75) is 25.9 Å². The minimum atomic E-state index is -0.742. The lowest BCUT2D eigenvalue weighted by molar-refractivity contribution is -0.142. The number of hydrogen-bond donors (Lipinski definition) is 1. The zero-order chi connectivity index (χ0) is 14.9. The molecule has 2 rings (SSSR count). The van der Waals surface area contributed by atoms with E-state index in [-0.39, 0.29) is 23.8 Å². The molecule has 1 aliphatic rings. The van der Waals surface area contributed by atoms with Crippen LogP contribution in [-0.4, -0.2) is 37.1 Å². The summed E-state index contributed by atoms with van der Waals surface area (Å²) in [7, 11) is 1.68. The summed E-state index contributed by atoms with van der Waals surface area (Å²) in [5.41, 5.74) is 5.73. The summed E-state index contributed by atoms with van der Waals surface area (Å²) in [6.07, 6.45) is 0. The van der Waals surface area contributed by atoms with Crippen LogP contribution in [0.1, 0.15) is 25.5 Å². The van der Waals surface area contributed by atoms with Crippen LogP contribution in [0.5, 0.6) is 0 Å². The Hall–Kier alpha value is -1.46. The lowest BCUT2D eigenvalue weighted by atomic mass is 9.83. The summed E-state index contributed by atoms with van der Waals surface area (Å²) in [6.45, 7) is 4.30. The molecule has 0 bridgehead atoms. The van der Waals surface area contributed by atoms with Gasteiger partial charge in [-0.2, -0.15) is 0 Å². The molecule has 3 atom stereocenters. The van der Waals surface area contributed by atoms with Crippen LogP contribution in [0.2, 0.25) is 0 Å². The van der Waals surface area contributed by atoms with E-state index < -0.39 is 5.41 Å². The fourth-order valence-corrected chi connectivity index (χ4v) is 2.51. The largest absolute Gasteiger partial charge is 0.379 e. The number of ether oxygens (including phenoxy) is 1. The highest BCUT2D eigenvalue weighted by Gasteiger charge is 2.46. The van der Waals surface area contributed by atoms with E-state index in [2.05, 4.69) is 0 Å². The Labute approximate surface area is 118 Å². The number of benzene rings is 1. The van der Waals surface area contributed by atoms with Gasteiger partial charge < -0.3 is 15.4 Å². The van der Waals surface area contributed by atoms with Gasteiger partial charge in [0.2, 0.25) is 5.91 Å². The molecular weight excluding hydrogens is 259 g/mol. The molecule has 0 radical (unpaired) electrons. The number of amides is 1. The molecule has 1 saturated heterocycles. The zero-order valence-corrected chi connectivity index (χ0v) is 12.1. The van der Waals surface area contributed by atoms with Crippen LogP contribution in [0.4, 0.5) is 4.39 Å². The van der Waals surface area contributed by atoms with Gasteiger partial charge in [0.25, 0.3) is 0 Å². The Morgan fingerprint density at radius 1 is 1.55 bits per heavy atom. The average Bonchev–Trinajstić information content (AvgIpc) is 2.78. The van der Waals surface area contributed by atoms with Gasteiger partial charge in [0.1, 0.15) is 5.82 Å². The molecule has 3 unspecified atom stereocenters. The summed E-state index contributed by atoms with van der Waals surface area (Å²) in [4.78, 5) is 14.2. The van der Waals surface area contributed by atoms with Crippen LogP contribution in [-0.2, 0) is 9.53 Å². The third kappa shape index (κ3) is 2.43. The fraction of sp³-hybridized carbons (Fsp3) is 0.533. The third-order valence-electron chi connectivity index (χ3n) is 4.26. The highest BCUT2D eigenvalue weighted by Crippen LogP contribution is 2.32. The van der Waals surface area contributed by atoms with E-state index >= 15 is 0 Å². The van der Waals surface area contributed by atoms with Crippen LogP contribution >= 0.6 is 0 Å². The minimum Gasteiger partial charge on any atom is -0.379 e. The number of carbonyl (C=O) groups excluding carboxylic acids is 1. The van der Waals surface area contributed by atoms with Crippen LogP contribution < -0.4 is 5.73 Å². The second-order valence-electron chi connectivity index (χ2n) is 5.65. The van der Waals surface area contributed by atoms with E-state index in [4.69, 9.17) is 10.5 Å². The van der Waals surface area contributed by atoms with Gasteiger partial charge in [0.15, 0.2) is 0 Å². The number of halogens is 1. The topological polar surface area (TPSA) is 55.6 Å². The maximum Gasteiger partial charge on any atom is 0.232 e. The molecule has 0 spiro atoms. The van der Waals surface area contributed by atoms with Gasteiger partial charge in [-0.15, -0.1) is 0 Å². The molecule has 1 aromatic carbocycles. The van der Waals surface area contributed by atoms with Crippen molar-refractivity contribution in [3.05, 3.63) is 35.6 Å². The SMILES string of the molecule is CC(c1ccccc1F)N(C)C(=O)C1(C)COCC1N. The average molecular weight is 280 g/mol. The first-order valence-corrected chi connectivity index (χ1v) is 6.73. The maximum atomic E-state index is 13.8. The van der Waals surface area contributed by atoms with Crippen molar-refractivity contribution in [2.24, 2.45) is 11.1 Å². The molecule has 1 aromatic rings. The summed E-state index contributed by atoms with van der Waals surface area (Å²) < 4.78 is 19.1. The fourth-order valence-electron chi connectivity index (χ4n) is 2.51. The molecule has 0 aliphatic carbocycles. The van der Waals surface area contributed by atoms with Gasteiger partial charge in [-0.25, -0.2) is 4.39 Å². The van der Waals surface area contributed by atoms with Gasteiger partial charge in [-0.3, -0.25) is 4.79 Å². The highest BCUT2D eigenvalue weighted by atomic mass is 19.1. The van der Waals surface area contributed by atoms with Gasteiger partial charge in [0, 0.05) is 18.7 Å². The van der Waals surface area contributed by atoms with E-state index in [0.29, 0.717) is 18.8 Å². The molecule has 4 nitrogen and oxygen atoms in total. The molecular formula is C15H21FN2O2. The lowest BCUT2D eigenvalue weighted by Crippen LogP contribution is -2.51. The zero-order valence-electron chi connectivity index (χ0n) is 12.1. The van der Waals surface area contributed by atoms with Gasteiger partial charge in [-0.1, -0.05) is 18.2 Å². The molecule has 110 valence electrons. The second-order valence-corrected chi connectivity index (χ2v) is 5.65. The molecule has 2 N–H and O–H groups in total. The molecule has 1 amide bonds. The quantitative estimate of drug-likeness (QED) is 0.917. The van der Waals surface area contributed by atoms with Gasteiger partial charge in [0.05, 0.1) is 24.7 Å². The third-order valence-corrected chi connectivity index (χ3v) is 4.26. The Bertz CT molecular complexity index is 508. The lowest BCUT2D eigenvalue weighted by Gasteiger charge is -2.34. The van der Waals surface area contributed by atoms with Crippen LogP contribution in [0.15, 0.2) is 24.3 Å². The molecule has 1 heterocycles. The Kier molecular flexibility index (Phi) is 4.11. The molecule has 5 heteroatoms. The monoisotopic (exact) mass is 280 g/mol. The number of nitrogens with two attached hydrogens (primary N) is 1. The van der Waals surface area contributed by atoms with Gasteiger partial charge >= 0.3 is 0 Å². The second kappa shape index (κ2) is 5.50. The highest BCUT2D eigenvalue weighted by molar-refractivity contribution is 5.84. The molecule has 1 fully saturated rings. The maximum absolute atomic E-state index is 13.8. The smallest absolute Gasteiger partial charge is 0.232 e. The number of nitrogens with zero attached hydrogens (tertiary/aromatic N) is 1. The number of hydrogen-bond acceptors (Lipinski definition) is 3. The summed E-state index contributed by atoms with van der Waals surface area (Å²) >= 11 is 0. The van der Waals surface area contributed by atoms with E-state index in [1.54, 1.807) is 44.0 Å². The van der Waals surface area contributed by atoms with Crippen molar-refractivity contribution in [1.82, 2.24) is 4.90 Å². The summed E-state index contributed by atoms with van der Waals surface area (Å²) in [6, 6.07) is 5.81. The molecule has 0 saturated carbocycles. The van der Waals surface area contributed by atoms with E-state index in [1.807, 2.05) is 0 Å². The summed E-state index contributed by atoms with van der Waals surface area (Å²) in [5.74, 6) is -0.421. The minimum absolute atomic E-state index is 0.113.